The van der Waals surface area contributed by atoms with Crippen LogP contribution in [0.5, 0.6) is 5.75 Å². The van der Waals surface area contributed by atoms with E-state index in [1.807, 2.05) is 30.3 Å². The number of rotatable bonds is 10. The number of hydrogen-bond acceptors (Lipinski definition) is 4. The minimum atomic E-state index is -0.975. The molecule has 1 aromatic carbocycles. The molecule has 0 saturated carbocycles. The van der Waals surface area contributed by atoms with E-state index in [1.165, 1.54) is 4.90 Å². The Balaban J connectivity index is 2.23. The summed E-state index contributed by atoms with van der Waals surface area (Å²) in [5.41, 5.74) is 0. The van der Waals surface area contributed by atoms with Gasteiger partial charge < -0.3 is 15.2 Å². The van der Waals surface area contributed by atoms with Crippen LogP contribution in [0.1, 0.15) is 0 Å². The Morgan fingerprint density at radius 2 is 2.00 bits per heavy atom. The maximum atomic E-state index is 11.7. The zero-order chi connectivity index (χ0) is 15.5. The number of carbonyl (C=O) groups is 2. The van der Waals surface area contributed by atoms with E-state index < -0.39 is 5.97 Å². The molecule has 0 unspecified atom stereocenters. The summed E-state index contributed by atoms with van der Waals surface area (Å²) >= 11 is 0. The van der Waals surface area contributed by atoms with Gasteiger partial charge in [-0.3, -0.25) is 14.5 Å². The van der Waals surface area contributed by atoms with Crippen LogP contribution in [0, 0.1) is 0 Å². The summed E-state index contributed by atoms with van der Waals surface area (Å²) in [4.78, 5) is 23.8. The molecule has 0 aromatic heterocycles. The van der Waals surface area contributed by atoms with Gasteiger partial charge in [-0.05, 0) is 12.1 Å². The molecule has 0 aliphatic rings. The number of carbonyl (C=O) groups excluding carboxylic acids is 1. The molecule has 0 aliphatic carbocycles. The van der Waals surface area contributed by atoms with Crippen molar-refractivity contribution in [2.75, 3.05) is 32.8 Å². The first-order valence-corrected chi connectivity index (χ1v) is 6.61. The largest absolute Gasteiger partial charge is 0.492 e. The van der Waals surface area contributed by atoms with E-state index in [9.17, 15) is 9.59 Å². The summed E-state index contributed by atoms with van der Waals surface area (Å²) in [6, 6.07) is 9.30. The second-order valence-electron chi connectivity index (χ2n) is 4.36. The minimum Gasteiger partial charge on any atom is -0.492 e. The molecule has 2 N–H and O–H groups in total. The molecule has 0 fully saturated rings. The van der Waals surface area contributed by atoms with E-state index >= 15 is 0 Å². The molecular weight excluding hydrogens is 272 g/mol. The summed E-state index contributed by atoms with van der Waals surface area (Å²) in [6.45, 7) is 4.43. The number of benzene rings is 1. The second kappa shape index (κ2) is 9.55. The molecule has 0 spiro atoms. The molecule has 0 bridgehead atoms. The van der Waals surface area contributed by atoms with Crippen molar-refractivity contribution in [1.29, 1.82) is 0 Å². The van der Waals surface area contributed by atoms with Gasteiger partial charge in [0.1, 0.15) is 12.4 Å². The van der Waals surface area contributed by atoms with Crippen molar-refractivity contribution >= 4 is 11.9 Å². The fourth-order valence-corrected chi connectivity index (χ4v) is 1.69. The van der Waals surface area contributed by atoms with Gasteiger partial charge in [-0.1, -0.05) is 24.3 Å². The van der Waals surface area contributed by atoms with Crippen LogP contribution in [0.25, 0.3) is 0 Å². The van der Waals surface area contributed by atoms with Gasteiger partial charge in [-0.15, -0.1) is 6.58 Å². The molecule has 0 radical (unpaired) electrons. The van der Waals surface area contributed by atoms with E-state index in [-0.39, 0.29) is 19.0 Å². The van der Waals surface area contributed by atoms with Crippen molar-refractivity contribution in [2.45, 2.75) is 0 Å². The lowest BCUT2D eigenvalue weighted by Gasteiger charge is -2.17. The number of aliphatic carboxylic acids is 1. The van der Waals surface area contributed by atoms with Crippen molar-refractivity contribution in [3.05, 3.63) is 43.0 Å². The molecule has 6 heteroatoms. The van der Waals surface area contributed by atoms with Gasteiger partial charge in [-0.25, -0.2) is 0 Å². The molecular formula is C15H20N2O4. The molecule has 0 saturated heterocycles. The third-order valence-corrected chi connectivity index (χ3v) is 2.55. The zero-order valence-corrected chi connectivity index (χ0v) is 11.8. The number of carboxylic acid groups (broad SMARTS) is 1. The number of amides is 1. The zero-order valence-electron chi connectivity index (χ0n) is 11.8. The van der Waals surface area contributed by atoms with Crippen LogP contribution >= 0.6 is 0 Å². The molecule has 21 heavy (non-hydrogen) atoms. The summed E-state index contributed by atoms with van der Waals surface area (Å²) in [5, 5.41) is 11.4. The number of hydrogen-bond donors (Lipinski definition) is 2. The van der Waals surface area contributed by atoms with E-state index in [0.29, 0.717) is 19.7 Å². The predicted molar refractivity (Wildman–Crippen MR) is 79.2 cm³/mol. The Bertz CT molecular complexity index is 462. The lowest BCUT2D eigenvalue weighted by atomic mass is 10.3. The SMILES string of the molecule is C=CCN(CC(=O)O)CC(=O)NCCOc1ccccc1. The fourth-order valence-electron chi connectivity index (χ4n) is 1.69. The van der Waals surface area contributed by atoms with E-state index in [1.54, 1.807) is 6.08 Å². The third-order valence-electron chi connectivity index (χ3n) is 2.55. The molecule has 1 amide bonds. The van der Waals surface area contributed by atoms with Crippen LogP contribution in [0.3, 0.4) is 0 Å². The summed E-state index contributed by atoms with van der Waals surface area (Å²) in [7, 11) is 0. The smallest absolute Gasteiger partial charge is 0.317 e. The molecule has 1 aromatic rings. The van der Waals surface area contributed by atoms with E-state index in [2.05, 4.69) is 11.9 Å². The highest BCUT2D eigenvalue weighted by atomic mass is 16.5. The topological polar surface area (TPSA) is 78.9 Å². The van der Waals surface area contributed by atoms with Gasteiger partial charge in [0.2, 0.25) is 5.91 Å². The Morgan fingerprint density at radius 1 is 1.29 bits per heavy atom. The summed E-state index contributed by atoms with van der Waals surface area (Å²) in [6.07, 6.45) is 1.56. The van der Waals surface area contributed by atoms with Crippen LogP contribution < -0.4 is 10.1 Å². The lowest BCUT2D eigenvalue weighted by molar-refractivity contribution is -0.138. The maximum absolute atomic E-state index is 11.7. The first kappa shape index (κ1) is 16.7. The van der Waals surface area contributed by atoms with E-state index in [4.69, 9.17) is 9.84 Å². The third kappa shape index (κ3) is 7.74. The minimum absolute atomic E-state index is 0.0175. The average molecular weight is 292 g/mol. The highest BCUT2D eigenvalue weighted by Crippen LogP contribution is 2.07. The van der Waals surface area contributed by atoms with E-state index in [0.717, 1.165) is 5.75 Å². The second-order valence-corrected chi connectivity index (χ2v) is 4.36. The fraction of sp³-hybridized carbons (Fsp3) is 0.333. The molecule has 0 heterocycles. The van der Waals surface area contributed by atoms with Gasteiger partial charge in [-0.2, -0.15) is 0 Å². The van der Waals surface area contributed by atoms with Gasteiger partial charge in [0.05, 0.1) is 19.6 Å². The quantitative estimate of drug-likeness (QED) is 0.491. The van der Waals surface area contributed by atoms with Gasteiger partial charge >= 0.3 is 5.97 Å². The number of para-hydroxylation sites is 1. The number of ether oxygens (including phenoxy) is 1. The van der Waals surface area contributed by atoms with Crippen molar-refractivity contribution in [3.8, 4) is 5.75 Å². The highest BCUT2D eigenvalue weighted by molar-refractivity contribution is 5.79. The molecule has 0 atom stereocenters. The van der Waals surface area contributed by atoms with Crippen LogP contribution in [-0.4, -0.2) is 54.7 Å². The van der Waals surface area contributed by atoms with Gasteiger partial charge in [0.15, 0.2) is 0 Å². The Labute approximate surface area is 124 Å². The Morgan fingerprint density at radius 3 is 2.62 bits per heavy atom. The van der Waals surface area contributed by atoms with Gasteiger partial charge in [0, 0.05) is 6.54 Å². The number of nitrogens with one attached hydrogen (secondary N) is 1. The van der Waals surface area contributed by atoms with Gasteiger partial charge in [0.25, 0.3) is 0 Å². The first-order valence-electron chi connectivity index (χ1n) is 6.61. The molecule has 0 aliphatic heterocycles. The first-order chi connectivity index (χ1) is 10.1. The van der Waals surface area contributed by atoms with Crippen LogP contribution in [-0.2, 0) is 9.59 Å². The normalized spacial score (nSPS) is 10.1. The Kier molecular flexibility index (Phi) is 7.60. The average Bonchev–Trinajstić information content (AvgIpc) is 2.44. The standard InChI is InChI=1S/C15H20N2O4/c1-2-9-17(12-15(19)20)11-14(18)16-8-10-21-13-6-4-3-5-7-13/h2-7H,1,8-12H2,(H,16,18)(H,19,20). The monoisotopic (exact) mass is 292 g/mol. The van der Waals surface area contributed by atoms with Crippen LogP contribution in [0.4, 0.5) is 0 Å². The van der Waals surface area contributed by atoms with Crippen LogP contribution in [0.15, 0.2) is 43.0 Å². The summed E-state index contributed by atoms with van der Waals surface area (Å²) in [5.74, 6) is -0.474. The number of carboxylic acids is 1. The van der Waals surface area contributed by atoms with Crippen molar-refractivity contribution in [3.63, 3.8) is 0 Å². The molecule has 6 nitrogen and oxygen atoms in total. The Hall–Kier alpha value is -2.34. The molecule has 1 rings (SSSR count). The van der Waals surface area contributed by atoms with Crippen LogP contribution in [0.2, 0.25) is 0 Å². The predicted octanol–water partition coefficient (Wildman–Crippen LogP) is 0.754. The van der Waals surface area contributed by atoms with Crippen molar-refractivity contribution < 1.29 is 19.4 Å². The highest BCUT2D eigenvalue weighted by Gasteiger charge is 2.12. The number of nitrogens with zero attached hydrogens (tertiary/aromatic N) is 1. The lowest BCUT2D eigenvalue weighted by Crippen LogP contribution is -2.41. The molecule has 114 valence electrons. The maximum Gasteiger partial charge on any atom is 0.317 e. The van der Waals surface area contributed by atoms with Crippen molar-refractivity contribution in [1.82, 2.24) is 10.2 Å². The summed E-state index contributed by atoms with van der Waals surface area (Å²) < 4.78 is 5.43. The van der Waals surface area contributed by atoms with Crippen molar-refractivity contribution in [2.24, 2.45) is 0 Å².